The molecule has 0 bridgehead atoms. The summed E-state index contributed by atoms with van der Waals surface area (Å²) in [6.07, 6.45) is 2.49. The van der Waals surface area contributed by atoms with Crippen molar-refractivity contribution in [3.8, 4) is 0 Å². The van der Waals surface area contributed by atoms with Crippen molar-refractivity contribution in [2.75, 3.05) is 0 Å². The van der Waals surface area contributed by atoms with Gasteiger partial charge in [0.15, 0.2) is 10.6 Å². The molecular weight excluding hydrogens is 228 g/mol. The average Bonchev–Trinajstić information content (AvgIpc) is 2.88. The molecule has 0 spiro atoms. The molecule has 0 atom stereocenters. The number of aliphatic hydroxyl groups is 1. The Balaban J connectivity index is 2.26. The Hall–Kier alpha value is -1.47. The van der Waals surface area contributed by atoms with Crippen LogP contribution < -0.4 is 0 Å². The second-order valence-electron chi connectivity index (χ2n) is 3.26. The molecule has 0 radical (unpaired) electrons. The van der Waals surface area contributed by atoms with Crippen LogP contribution in [-0.2, 0) is 19.6 Å². The lowest BCUT2D eigenvalue weighted by molar-refractivity contribution is 0.264. The van der Waals surface area contributed by atoms with Crippen molar-refractivity contribution in [2.24, 2.45) is 0 Å². The third kappa shape index (κ3) is 2.05. The van der Waals surface area contributed by atoms with Crippen LogP contribution in [0.1, 0.15) is 24.4 Å². The lowest BCUT2D eigenvalue weighted by Crippen LogP contribution is -2.05. The zero-order chi connectivity index (χ0) is 11.5. The molecule has 2 aromatic rings. The van der Waals surface area contributed by atoms with Crippen LogP contribution in [0.2, 0.25) is 0 Å². The minimum absolute atomic E-state index is 0.172. The number of nitrogens with zero attached hydrogens (tertiary/aromatic N) is 3. The maximum absolute atomic E-state index is 9.06. The monoisotopic (exact) mass is 240 g/mol. The Morgan fingerprint density at radius 1 is 1.62 bits per heavy atom. The molecular formula is C9H12N4O2S. The molecule has 2 rings (SSSR count). The topological polar surface area (TPSA) is 79.9 Å². The molecule has 0 aliphatic rings. The third-order valence-electron chi connectivity index (χ3n) is 2.22. The molecule has 7 heteroatoms. The Morgan fingerprint density at radius 2 is 2.44 bits per heavy atom. The fraction of sp³-hybridized carbons (Fsp3) is 0.444. The van der Waals surface area contributed by atoms with Crippen LogP contribution in [0.3, 0.4) is 0 Å². The van der Waals surface area contributed by atoms with E-state index in [-0.39, 0.29) is 6.61 Å². The number of nitrogens with one attached hydrogen (secondary N) is 1. The van der Waals surface area contributed by atoms with Gasteiger partial charge in [-0.25, -0.2) is 4.98 Å². The second-order valence-corrected chi connectivity index (χ2v) is 3.65. The van der Waals surface area contributed by atoms with Gasteiger partial charge in [-0.3, -0.25) is 9.67 Å². The summed E-state index contributed by atoms with van der Waals surface area (Å²) in [6, 6.07) is 0. The van der Waals surface area contributed by atoms with Crippen LogP contribution in [0.15, 0.2) is 10.6 Å². The smallest absolute Gasteiger partial charge is 0.214 e. The molecule has 2 N–H and O–H groups in total. The van der Waals surface area contributed by atoms with Crippen LogP contribution in [0.25, 0.3) is 0 Å². The van der Waals surface area contributed by atoms with E-state index in [2.05, 4.69) is 15.2 Å². The summed E-state index contributed by atoms with van der Waals surface area (Å²) in [5.74, 6) is 1.86. The van der Waals surface area contributed by atoms with Gasteiger partial charge in [-0.05, 0) is 12.2 Å². The number of aryl methyl sites for hydroxylation is 1. The number of aromatic amines is 1. The predicted octanol–water partition coefficient (Wildman–Crippen LogP) is 1.03. The number of hydrogen-bond donors (Lipinski definition) is 2. The van der Waals surface area contributed by atoms with Crippen LogP contribution >= 0.6 is 12.2 Å². The van der Waals surface area contributed by atoms with Crippen LogP contribution in [0.5, 0.6) is 0 Å². The number of aromatic nitrogens is 4. The number of H-pyrrole nitrogens is 1. The number of hydrogen-bond acceptors (Lipinski definition) is 5. The first-order valence-corrected chi connectivity index (χ1v) is 5.34. The van der Waals surface area contributed by atoms with Gasteiger partial charge in [0.05, 0.1) is 6.20 Å². The molecule has 0 saturated heterocycles. The lowest BCUT2D eigenvalue weighted by atomic mass is 10.4. The fourth-order valence-electron chi connectivity index (χ4n) is 1.35. The van der Waals surface area contributed by atoms with Crippen molar-refractivity contribution < 1.29 is 9.52 Å². The second kappa shape index (κ2) is 4.58. The average molecular weight is 240 g/mol. The molecule has 86 valence electrons. The van der Waals surface area contributed by atoms with E-state index in [0.717, 1.165) is 12.2 Å². The van der Waals surface area contributed by atoms with Crippen molar-refractivity contribution in [3.05, 3.63) is 28.4 Å². The van der Waals surface area contributed by atoms with E-state index < -0.39 is 0 Å². The van der Waals surface area contributed by atoms with Gasteiger partial charge in [-0.15, -0.1) is 0 Å². The van der Waals surface area contributed by atoms with E-state index in [1.807, 2.05) is 6.92 Å². The van der Waals surface area contributed by atoms with E-state index in [9.17, 15) is 0 Å². The Morgan fingerprint density at radius 3 is 3.06 bits per heavy atom. The van der Waals surface area contributed by atoms with Gasteiger partial charge < -0.3 is 9.52 Å². The zero-order valence-electron chi connectivity index (χ0n) is 8.80. The van der Waals surface area contributed by atoms with Gasteiger partial charge in [0.1, 0.15) is 18.9 Å². The summed E-state index contributed by atoms with van der Waals surface area (Å²) in [6.45, 7) is 2.20. The van der Waals surface area contributed by atoms with Gasteiger partial charge in [0.25, 0.3) is 0 Å². The van der Waals surface area contributed by atoms with Gasteiger partial charge in [-0.2, -0.15) is 5.10 Å². The predicted molar refractivity (Wildman–Crippen MR) is 58.3 cm³/mol. The first-order valence-electron chi connectivity index (χ1n) is 4.93. The number of oxazole rings is 1. The molecule has 16 heavy (non-hydrogen) atoms. The summed E-state index contributed by atoms with van der Waals surface area (Å²) < 4.78 is 7.56. The van der Waals surface area contributed by atoms with E-state index in [1.165, 1.54) is 0 Å². The minimum Gasteiger partial charge on any atom is -0.444 e. The minimum atomic E-state index is -0.172. The largest absolute Gasteiger partial charge is 0.444 e. The standard InChI is InChI=1S/C9H12N4O2S/c1-2-6-3-10-8(15-6)4-13-7(5-14)11-12-9(13)16/h3,14H,2,4-5H2,1H3,(H,12,16). The van der Waals surface area contributed by atoms with E-state index in [1.54, 1.807) is 10.8 Å². The van der Waals surface area contributed by atoms with Crippen molar-refractivity contribution in [3.63, 3.8) is 0 Å². The van der Waals surface area contributed by atoms with E-state index >= 15 is 0 Å². The highest BCUT2D eigenvalue weighted by Crippen LogP contribution is 2.08. The van der Waals surface area contributed by atoms with Gasteiger partial charge in [-0.1, -0.05) is 6.92 Å². The van der Waals surface area contributed by atoms with Gasteiger partial charge in [0.2, 0.25) is 5.89 Å². The Bertz CT molecular complexity index is 528. The van der Waals surface area contributed by atoms with Crippen LogP contribution in [-0.4, -0.2) is 24.9 Å². The highest BCUT2D eigenvalue weighted by Gasteiger charge is 2.09. The molecule has 0 amide bonds. The summed E-state index contributed by atoms with van der Waals surface area (Å²) in [7, 11) is 0. The van der Waals surface area contributed by atoms with Gasteiger partial charge in [0, 0.05) is 6.42 Å². The van der Waals surface area contributed by atoms with E-state index in [0.29, 0.717) is 23.0 Å². The SMILES string of the molecule is CCc1cnc(Cn2c(CO)n[nH]c2=S)o1. The summed E-state index contributed by atoms with van der Waals surface area (Å²) in [5, 5.41) is 15.6. The molecule has 0 fully saturated rings. The van der Waals surface area contributed by atoms with Crippen molar-refractivity contribution in [1.82, 2.24) is 19.7 Å². The zero-order valence-corrected chi connectivity index (χ0v) is 9.62. The Kier molecular flexibility index (Phi) is 3.16. The van der Waals surface area contributed by atoms with Crippen LogP contribution in [0, 0.1) is 4.77 Å². The summed E-state index contributed by atoms with van der Waals surface area (Å²) in [5.41, 5.74) is 0. The molecule has 6 nitrogen and oxygen atoms in total. The van der Waals surface area contributed by atoms with Gasteiger partial charge >= 0.3 is 0 Å². The summed E-state index contributed by atoms with van der Waals surface area (Å²) in [4.78, 5) is 4.12. The molecule has 0 aliphatic heterocycles. The van der Waals surface area contributed by atoms with Crippen LogP contribution in [0.4, 0.5) is 0 Å². The molecule has 0 aliphatic carbocycles. The molecule has 2 aromatic heterocycles. The maximum atomic E-state index is 9.06. The first kappa shape index (κ1) is 11.0. The normalized spacial score (nSPS) is 10.9. The molecule has 0 aromatic carbocycles. The maximum Gasteiger partial charge on any atom is 0.214 e. The first-order chi connectivity index (χ1) is 7.74. The van der Waals surface area contributed by atoms with Crippen molar-refractivity contribution >= 4 is 12.2 Å². The van der Waals surface area contributed by atoms with Crippen molar-refractivity contribution in [1.29, 1.82) is 0 Å². The lowest BCUT2D eigenvalue weighted by Gasteiger charge is -2.00. The molecule has 0 saturated carbocycles. The highest BCUT2D eigenvalue weighted by atomic mass is 32.1. The fourth-order valence-corrected chi connectivity index (χ4v) is 1.57. The number of rotatable bonds is 4. The Labute approximate surface area is 96.9 Å². The summed E-state index contributed by atoms with van der Waals surface area (Å²) >= 11 is 5.04. The van der Waals surface area contributed by atoms with E-state index in [4.69, 9.17) is 21.7 Å². The number of aliphatic hydroxyl groups excluding tert-OH is 1. The van der Waals surface area contributed by atoms with Crippen molar-refractivity contribution in [2.45, 2.75) is 26.5 Å². The highest BCUT2D eigenvalue weighted by molar-refractivity contribution is 7.71. The quantitative estimate of drug-likeness (QED) is 0.780. The third-order valence-corrected chi connectivity index (χ3v) is 2.53. The molecule has 0 unspecified atom stereocenters. The molecule has 2 heterocycles.